The SMILES string of the molecule is CC(C)(C)[C@H](N)c1csc2ccccc12.Cl. The average molecular weight is 256 g/mol. The second-order valence-corrected chi connectivity index (χ2v) is 5.94. The van der Waals surface area contributed by atoms with Crippen LogP contribution in [0.4, 0.5) is 0 Å². The zero-order chi connectivity index (χ0) is 11.1. The minimum Gasteiger partial charge on any atom is -0.323 e. The summed E-state index contributed by atoms with van der Waals surface area (Å²) in [5.41, 5.74) is 7.68. The number of nitrogens with two attached hydrogens (primary N) is 1. The Labute approximate surface area is 107 Å². The fourth-order valence-electron chi connectivity index (χ4n) is 1.71. The van der Waals surface area contributed by atoms with E-state index in [1.807, 2.05) is 0 Å². The largest absolute Gasteiger partial charge is 0.323 e. The lowest BCUT2D eigenvalue weighted by Gasteiger charge is -2.26. The molecule has 2 aromatic rings. The molecule has 2 N–H and O–H groups in total. The molecule has 1 aromatic carbocycles. The number of hydrogen-bond donors (Lipinski definition) is 1. The van der Waals surface area contributed by atoms with E-state index in [0.717, 1.165) is 0 Å². The number of hydrogen-bond acceptors (Lipinski definition) is 2. The Bertz CT molecular complexity index is 470. The Kier molecular flexibility index (Phi) is 4.00. The summed E-state index contributed by atoms with van der Waals surface area (Å²) in [4.78, 5) is 0. The van der Waals surface area contributed by atoms with Crippen molar-refractivity contribution in [1.29, 1.82) is 0 Å². The number of thiophene rings is 1. The van der Waals surface area contributed by atoms with Crippen LogP contribution in [-0.2, 0) is 0 Å². The van der Waals surface area contributed by atoms with Gasteiger partial charge in [-0.3, -0.25) is 0 Å². The van der Waals surface area contributed by atoms with Gasteiger partial charge in [0.15, 0.2) is 0 Å². The van der Waals surface area contributed by atoms with Gasteiger partial charge in [0.2, 0.25) is 0 Å². The fraction of sp³-hybridized carbons (Fsp3) is 0.385. The van der Waals surface area contributed by atoms with Crippen molar-refractivity contribution in [3.63, 3.8) is 0 Å². The first-order valence-electron chi connectivity index (χ1n) is 5.22. The molecule has 2 rings (SSSR count). The summed E-state index contributed by atoms with van der Waals surface area (Å²) in [6.45, 7) is 6.55. The van der Waals surface area contributed by atoms with Gasteiger partial charge in [0.25, 0.3) is 0 Å². The van der Waals surface area contributed by atoms with Crippen molar-refractivity contribution in [2.45, 2.75) is 26.8 Å². The lowest BCUT2D eigenvalue weighted by atomic mass is 9.83. The molecule has 0 saturated carbocycles. The molecule has 1 atom stereocenters. The molecule has 0 fully saturated rings. The van der Waals surface area contributed by atoms with Crippen molar-refractivity contribution >= 4 is 33.8 Å². The number of rotatable bonds is 1. The highest BCUT2D eigenvalue weighted by Gasteiger charge is 2.24. The third-order valence-corrected chi connectivity index (χ3v) is 3.76. The van der Waals surface area contributed by atoms with E-state index in [4.69, 9.17) is 5.73 Å². The van der Waals surface area contributed by atoms with Gasteiger partial charge in [-0.2, -0.15) is 0 Å². The van der Waals surface area contributed by atoms with E-state index >= 15 is 0 Å². The summed E-state index contributed by atoms with van der Waals surface area (Å²) in [7, 11) is 0. The third kappa shape index (κ3) is 2.40. The molecule has 88 valence electrons. The molecule has 3 heteroatoms. The summed E-state index contributed by atoms with van der Waals surface area (Å²) in [6.07, 6.45) is 0. The topological polar surface area (TPSA) is 26.0 Å². The summed E-state index contributed by atoms with van der Waals surface area (Å²) >= 11 is 1.78. The smallest absolute Gasteiger partial charge is 0.0358 e. The maximum absolute atomic E-state index is 6.29. The van der Waals surface area contributed by atoms with E-state index in [9.17, 15) is 0 Å². The number of benzene rings is 1. The monoisotopic (exact) mass is 255 g/mol. The molecule has 0 aliphatic carbocycles. The van der Waals surface area contributed by atoms with Gasteiger partial charge in [0, 0.05) is 10.7 Å². The molecule has 16 heavy (non-hydrogen) atoms. The molecule has 0 amide bonds. The Balaban J connectivity index is 0.00000128. The zero-order valence-corrected chi connectivity index (χ0v) is 11.5. The Morgan fingerprint density at radius 1 is 1.19 bits per heavy atom. The maximum atomic E-state index is 6.29. The predicted octanol–water partition coefficient (Wildman–Crippen LogP) is 4.37. The quantitative estimate of drug-likeness (QED) is 0.805. The highest BCUT2D eigenvalue weighted by atomic mass is 35.5. The molecule has 0 radical (unpaired) electrons. The van der Waals surface area contributed by atoms with Gasteiger partial charge in [-0.15, -0.1) is 23.7 Å². The molecular formula is C13H18ClNS. The maximum Gasteiger partial charge on any atom is 0.0358 e. The van der Waals surface area contributed by atoms with Crippen LogP contribution in [0.2, 0.25) is 0 Å². The van der Waals surface area contributed by atoms with Crippen LogP contribution in [0.1, 0.15) is 32.4 Å². The number of fused-ring (bicyclic) bond motifs is 1. The van der Waals surface area contributed by atoms with Crippen molar-refractivity contribution < 1.29 is 0 Å². The van der Waals surface area contributed by atoms with E-state index < -0.39 is 0 Å². The molecule has 1 nitrogen and oxygen atoms in total. The van der Waals surface area contributed by atoms with Crippen molar-refractivity contribution in [3.05, 3.63) is 35.2 Å². The van der Waals surface area contributed by atoms with E-state index in [2.05, 4.69) is 50.4 Å². The van der Waals surface area contributed by atoms with Crippen LogP contribution in [0.3, 0.4) is 0 Å². The van der Waals surface area contributed by atoms with Crippen LogP contribution in [0.5, 0.6) is 0 Å². The summed E-state index contributed by atoms with van der Waals surface area (Å²) in [5.74, 6) is 0. The van der Waals surface area contributed by atoms with Crippen molar-refractivity contribution in [3.8, 4) is 0 Å². The first-order chi connectivity index (χ1) is 7.00. The Morgan fingerprint density at radius 3 is 2.44 bits per heavy atom. The normalized spacial score (nSPS) is 13.5. The summed E-state index contributed by atoms with van der Waals surface area (Å²) in [6, 6.07) is 8.57. The van der Waals surface area contributed by atoms with E-state index in [0.29, 0.717) is 0 Å². The van der Waals surface area contributed by atoms with Gasteiger partial charge in [-0.1, -0.05) is 39.0 Å². The van der Waals surface area contributed by atoms with Crippen LogP contribution < -0.4 is 5.73 Å². The van der Waals surface area contributed by atoms with E-state index in [-0.39, 0.29) is 23.9 Å². The Morgan fingerprint density at radius 2 is 1.81 bits per heavy atom. The van der Waals surface area contributed by atoms with E-state index in [1.165, 1.54) is 15.6 Å². The van der Waals surface area contributed by atoms with E-state index in [1.54, 1.807) is 11.3 Å². The van der Waals surface area contributed by atoms with Crippen LogP contribution in [0.25, 0.3) is 10.1 Å². The van der Waals surface area contributed by atoms with Crippen molar-refractivity contribution in [1.82, 2.24) is 0 Å². The summed E-state index contributed by atoms with van der Waals surface area (Å²) < 4.78 is 1.33. The van der Waals surface area contributed by atoms with Crippen molar-refractivity contribution in [2.75, 3.05) is 0 Å². The van der Waals surface area contributed by atoms with Crippen molar-refractivity contribution in [2.24, 2.45) is 11.1 Å². The fourth-order valence-corrected chi connectivity index (χ4v) is 2.70. The van der Waals surface area contributed by atoms with Gasteiger partial charge in [-0.25, -0.2) is 0 Å². The molecule has 1 aromatic heterocycles. The second kappa shape index (κ2) is 4.74. The minimum atomic E-state index is 0. The standard InChI is InChI=1S/C13H17NS.ClH/c1-13(2,3)12(14)10-8-15-11-7-5-4-6-9(10)11;/h4-8,12H,14H2,1-3H3;1H/t12-;/m1./s1. The van der Waals surface area contributed by atoms with Gasteiger partial charge in [0.1, 0.15) is 0 Å². The second-order valence-electron chi connectivity index (χ2n) is 5.03. The van der Waals surface area contributed by atoms with Gasteiger partial charge in [-0.05, 0) is 27.8 Å². The van der Waals surface area contributed by atoms with Crippen LogP contribution in [0, 0.1) is 5.41 Å². The lowest BCUT2D eigenvalue weighted by molar-refractivity contribution is 0.329. The Hall–Kier alpha value is -0.570. The highest BCUT2D eigenvalue weighted by molar-refractivity contribution is 7.17. The first kappa shape index (κ1) is 13.5. The predicted molar refractivity (Wildman–Crippen MR) is 75.5 cm³/mol. The molecule has 0 spiro atoms. The summed E-state index contributed by atoms with van der Waals surface area (Å²) in [5, 5.41) is 3.51. The molecule has 0 saturated heterocycles. The van der Waals surface area contributed by atoms with Crippen LogP contribution in [0.15, 0.2) is 29.6 Å². The van der Waals surface area contributed by atoms with Gasteiger partial charge in [0.05, 0.1) is 0 Å². The lowest BCUT2D eigenvalue weighted by Crippen LogP contribution is -2.25. The molecule has 0 bridgehead atoms. The molecule has 0 aliphatic rings. The van der Waals surface area contributed by atoms with Gasteiger partial charge < -0.3 is 5.73 Å². The van der Waals surface area contributed by atoms with Crippen LogP contribution >= 0.6 is 23.7 Å². The zero-order valence-electron chi connectivity index (χ0n) is 9.86. The third-order valence-electron chi connectivity index (χ3n) is 2.78. The molecule has 0 unspecified atom stereocenters. The van der Waals surface area contributed by atoms with Crippen LogP contribution in [-0.4, -0.2) is 0 Å². The average Bonchev–Trinajstić information content (AvgIpc) is 2.58. The van der Waals surface area contributed by atoms with Gasteiger partial charge >= 0.3 is 0 Å². The molecule has 0 aliphatic heterocycles. The first-order valence-corrected chi connectivity index (χ1v) is 6.10. The highest BCUT2D eigenvalue weighted by Crippen LogP contribution is 2.37. The minimum absolute atomic E-state index is 0. The molecular weight excluding hydrogens is 238 g/mol. The molecule has 1 heterocycles. The number of halogens is 1.